The Hall–Kier alpha value is -4.10. The van der Waals surface area contributed by atoms with E-state index in [1.54, 1.807) is 48.8 Å². The van der Waals surface area contributed by atoms with Crippen LogP contribution in [-0.4, -0.2) is 22.0 Å². The SMILES string of the molecule is N#Cc1c(N)sc(N=Nc2ccncc2)c1-c1cccc(NC(=O)CCC(=O)O)c1. The lowest BCUT2D eigenvalue weighted by Gasteiger charge is -2.07. The maximum Gasteiger partial charge on any atom is 0.303 e. The van der Waals surface area contributed by atoms with Crippen LogP contribution in [0.15, 0.2) is 59.0 Å². The van der Waals surface area contributed by atoms with Crippen LogP contribution in [0.5, 0.6) is 0 Å². The molecule has 0 fully saturated rings. The van der Waals surface area contributed by atoms with Gasteiger partial charge in [0.25, 0.3) is 0 Å². The molecule has 0 unspecified atom stereocenters. The van der Waals surface area contributed by atoms with Crippen molar-refractivity contribution < 1.29 is 14.7 Å². The lowest BCUT2D eigenvalue weighted by Crippen LogP contribution is -2.13. The van der Waals surface area contributed by atoms with Crippen LogP contribution in [0.3, 0.4) is 0 Å². The summed E-state index contributed by atoms with van der Waals surface area (Å²) >= 11 is 1.14. The fourth-order valence-electron chi connectivity index (χ4n) is 2.60. The van der Waals surface area contributed by atoms with Crippen molar-refractivity contribution in [3.63, 3.8) is 0 Å². The summed E-state index contributed by atoms with van der Waals surface area (Å²) in [4.78, 5) is 26.5. The average Bonchev–Trinajstić information content (AvgIpc) is 3.07. The van der Waals surface area contributed by atoms with Crippen molar-refractivity contribution in [2.45, 2.75) is 12.8 Å². The number of aliphatic carboxylic acids is 1. The minimum Gasteiger partial charge on any atom is -0.481 e. The quantitative estimate of drug-likeness (QED) is 0.479. The van der Waals surface area contributed by atoms with Crippen molar-refractivity contribution in [3.05, 3.63) is 54.4 Å². The van der Waals surface area contributed by atoms with Crippen molar-refractivity contribution in [1.82, 2.24) is 4.98 Å². The van der Waals surface area contributed by atoms with Crippen molar-refractivity contribution in [2.24, 2.45) is 10.2 Å². The van der Waals surface area contributed by atoms with Crippen LogP contribution in [0.4, 0.5) is 21.4 Å². The number of carboxylic acids is 1. The van der Waals surface area contributed by atoms with Crippen LogP contribution in [0.1, 0.15) is 18.4 Å². The van der Waals surface area contributed by atoms with Gasteiger partial charge >= 0.3 is 5.97 Å². The third-order valence-electron chi connectivity index (χ3n) is 3.95. The highest BCUT2D eigenvalue weighted by atomic mass is 32.1. The van der Waals surface area contributed by atoms with Crippen molar-refractivity contribution in [3.8, 4) is 17.2 Å². The second-order valence-corrected chi connectivity index (χ2v) is 7.09. The first-order chi connectivity index (χ1) is 14.5. The first kappa shape index (κ1) is 20.6. The van der Waals surface area contributed by atoms with Crippen molar-refractivity contribution in [2.75, 3.05) is 11.1 Å². The number of hydrogen-bond donors (Lipinski definition) is 3. The molecule has 0 bridgehead atoms. The number of carbonyl (C=O) groups is 2. The van der Waals surface area contributed by atoms with Gasteiger partial charge in [-0.05, 0) is 29.8 Å². The van der Waals surface area contributed by atoms with Gasteiger partial charge in [0.2, 0.25) is 5.91 Å². The predicted molar refractivity (Wildman–Crippen MR) is 113 cm³/mol. The zero-order valence-corrected chi connectivity index (χ0v) is 16.4. The van der Waals surface area contributed by atoms with Gasteiger partial charge in [-0.15, -0.1) is 10.2 Å². The molecule has 0 aliphatic rings. The number of azo groups is 1. The van der Waals surface area contributed by atoms with E-state index >= 15 is 0 Å². The Bertz CT molecular complexity index is 1150. The van der Waals surface area contributed by atoms with Gasteiger partial charge < -0.3 is 16.2 Å². The van der Waals surface area contributed by atoms with Gasteiger partial charge in [0, 0.05) is 30.1 Å². The minimum atomic E-state index is -1.05. The first-order valence-electron chi connectivity index (χ1n) is 8.74. The summed E-state index contributed by atoms with van der Waals surface area (Å²) in [5.74, 6) is -1.46. The number of pyridine rings is 1. The number of carboxylic acid groups (broad SMARTS) is 1. The highest BCUT2D eigenvalue weighted by Gasteiger charge is 2.19. The number of nitrogens with two attached hydrogens (primary N) is 1. The Morgan fingerprint density at radius 2 is 1.97 bits per heavy atom. The van der Waals surface area contributed by atoms with Gasteiger partial charge in [0.1, 0.15) is 16.1 Å². The number of aromatic nitrogens is 1. The van der Waals surface area contributed by atoms with E-state index in [2.05, 4.69) is 26.6 Å². The zero-order valence-electron chi connectivity index (χ0n) is 15.6. The second kappa shape index (κ2) is 9.40. The Labute approximate surface area is 175 Å². The molecule has 1 aromatic carbocycles. The van der Waals surface area contributed by atoms with E-state index in [9.17, 15) is 14.9 Å². The number of anilines is 2. The van der Waals surface area contributed by atoms with E-state index in [0.717, 1.165) is 11.3 Å². The molecule has 0 atom stereocenters. The van der Waals surface area contributed by atoms with Gasteiger partial charge in [0.05, 0.1) is 17.7 Å². The Morgan fingerprint density at radius 1 is 1.20 bits per heavy atom. The van der Waals surface area contributed by atoms with E-state index in [4.69, 9.17) is 10.8 Å². The molecule has 2 heterocycles. The van der Waals surface area contributed by atoms with E-state index < -0.39 is 11.9 Å². The number of nitriles is 1. The molecular weight excluding hydrogens is 404 g/mol. The van der Waals surface area contributed by atoms with Crippen LogP contribution < -0.4 is 11.1 Å². The van der Waals surface area contributed by atoms with Gasteiger partial charge in [-0.2, -0.15) is 5.26 Å². The maximum atomic E-state index is 11.9. The summed E-state index contributed by atoms with van der Waals surface area (Å²) in [6.45, 7) is 0. The highest BCUT2D eigenvalue weighted by Crippen LogP contribution is 2.45. The third kappa shape index (κ3) is 5.03. The third-order valence-corrected chi connectivity index (χ3v) is 4.85. The van der Waals surface area contributed by atoms with E-state index in [1.165, 1.54) is 0 Å². The molecule has 9 nitrogen and oxygen atoms in total. The number of hydrogen-bond acceptors (Lipinski definition) is 8. The summed E-state index contributed by atoms with van der Waals surface area (Å²) in [6.07, 6.45) is 2.79. The number of nitrogens with one attached hydrogen (secondary N) is 1. The van der Waals surface area contributed by atoms with Crippen LogP contribution in [0, 0.1) is 11.3 Å². The van der Waals surface area contributed by atoms with Crippen molar-refractivity contribution in [1.29, 1.82) is 5.26 Å². The maximum absolute atomic E-state index is 11.9. The monoisotopic (exact) mass is 420 g/mol. The number of nitrogen functional groups attached to an aromatic ring is 1. The smallest absolute Gasteiger partial charge is 0.303 e. The lowest BCUT2D eigenvalue weighted by molar-refractivity contribution is -0.138. The topological polar surface area (TPSA) is 154 Å². The van der Waals surface area contributed by atoms with Crippen LogP contribution in [0.2, 0.25) is 0 Å². The summed E-state index contributed by atoms with van der Waals surface area (Å²) < 4.78 is 0. The normalized spacial score (nSPS) is 10.6. The molecule has 2 aromatic heterocycles. The van der Waals surface area contributed by atoms with Crippen LogP contribution >= 0.6 is 11.3 Å². The number of benzene rings is 1. The molecule has 0 saturated carbocycles. The molecule has 3 aromatic rings. The van der Waals surface area contributed by atoms with E-state index in [0.29, 0.717) is 32.5 Å². The molecule has 30 heavy (non-hydrogen) atoms. The molecule has 1 amide bonds. The number of amides is 1. The second-order valence-electron chi connectivity index (χ2n) is 6.06. The Balaban J connectivity index is 1.93. The average molecular weight is 420 g/mol. The molecular formula is C20H16N6O3S. The molecule has 0 saturated heterocycles. The highest BCUT2D eigenvalue weighted by molar-refractivity contribution is 7.20. The van der Waals surface area contributed by atoms with Gasteiger partial charge in [0.15, 0.2) is 0 Å². The molecule has 10 heteroatoms. The van der Waals surface area contributed by atoms with Gasteiger partial charge in [-0.3, -0.25) is 14.6 Å². The number of carbonyl (C=O) groups excluding carboxylic acids is 1. The molecule has 0 aliphatic heterocycles. The molecule has 0 aliphatic carbocycles. The van der Waals surface area contributed by atoms with E-state index in [-0.39, 0.29) is 18.4 Å². The molecule has 4 N–H and O–H groups in total. The summed E-state index contributed by atoms with van der Waals surface area (Å²) in [7, 11) is 0. The molecule has 0 radical (unpaired) electrons. The van der Waals surface area contributed by atoms with Gasteiger partial charge in [-0.25, -0.2) is 0 Å². The summed E-state index contributed by atoms with van der Waals surface area (Å²) in [6, 6.07) is 12.3. The first-order valence-corrected chi connectivity index (χ1v) is 9.55. The standard InChI is InChI=1S/C20H16N6O3S/c21-11-15-18(20(30-19(15)22)26-25-13-6-8-23-9-7-13)12-2-1-3-14(10-12)24-16(27)4-5-17(28)29/h1-3,6-10H,4-5,22H2,(H,24,27)(H,28,29). The van der Waals surface area contributed by atoms with Crippen LogP contribution in [-0.2, 0) is 9.59 Å². The number of thiophene rings is 1. The van der Waals surface area contributed by atoms with E-state index in [1.807, 2.05) is 0 Å². The van der Waals surface area contributed by atoms with Crippen molar-refractivity contribution >= 4 is 44.6 Å². The Morgan fingerprint density at radius 3 is 2.67 bits per heavy atom. The summed E-state index contributed by atoms with van der Waals surface area (Å²) in [5, 5.41) is 30.1. The summed E-state index contributed by atoms with van der Waals surface area (Å²) in [5.41, 5.74) is 8.48. The minimum absolute atomic E-state index is 0.139. The van der Waals surface area contributed by atoms with Gasteiger partial charge in [-0.1, -0.05) is 23.5 Å². The fraction of sp³-hybridized carbons (Fsp3) is 0.100. The molecule has 150 valence electrons. The molecule has 3 rings (SSSR count). The largest absolute Gasteiger partial charge is 0.481 e. The number of rotatable bonds is 7. The fourth-order valence-corrected chi connectivity index (χ4v) is 3.46. The predicted octanol–water partition coefficient (Wildman–Crippen LogP) is 4.48. The Kier molecular flexibility index (Phi) is 6.46. The number of nitrogens with zero attached hydrogens (tertiary/aromatic N) is 4. The zero-order chi connectivity index (χ0) is 21.5. The van der Waals surface area contributed by atoms with Crippen LogP contribution in [0.25, 0.3) is 11.1 Å². The lowest BCUT2D eigenvalue weighted by atomic mass is 10.0. The molecule has 0 spiro atoms.